The Kier molecular flexibility index (Phi) is 2.95. The number of anilines is 2. The van der Waals surface area contributed by atoms with Crippen molar-refractivity contribution in [2.24, 2.45) is 0 Å². The Morgan fingerprint density at radius 3 is 2.84 bits per heavy atom. The van der Waals surface area contributed by atoms with Gasteiger partial charge in [-0.15, -0.1) is 0 Å². The zero-order valence-corrected chi connectivity index (χ0v) is 10.8. The number of rotatable bonds is 4. The summed E-state index contributed by atoms with van der Waals surface area (Å²) in [7, 11) is 1.65. The average Bonchev–Trinajstić information content (AvgIpc) is 3.22. The molecule has 0 bridgehead atoms. The van der Waals surface area contributed by atoms with Crippen LogP contribution in [0.15, 0.2) is 30.3 Å². The van der Waals surface area contributed by atoms with Gasteiger partial charge in [0.05, 0.1) is 12.8 Å². The molecule has 98 valence electrons. The van der Waals surface area contributed by atoms with E-state index in [1.807, 2.05) is 24.3 Å². The minimum absolute atomic E-state index is 0.468. The lowest BCUT2D eigenvalue weighted by Crippen LogP contribution is -2.07. The molecule has 5 nitrogen and oxygen atoms in total. The third kappa shape index (κ3) is 2.76. The van der Waals surface area contributed by atoms with Crippen LogP contribution in [0.3, 0.4) is 0 Å². The molecule has 0 radical (unpaired) electrons. The fourth-order valence-corrected chi connectivity index (χ4v) is 1.87. The van der Waals surface area contributed by atoms with Gasteiger partial charge in [0, 0.05) is 17.7 Å². The van der Waals surface area contributed by atoms with Crippen LogP contribution in [0.2, 0.25) is 0 Å². The molecule has 1 aliphatic rings. The van der Waals surface area contributed by atoms with E-state index >= 15 is 0 Å². The van der Waals surface area contributed by atoms with Gasteiger partial charge in [0.15, 0.2) is 0 Å². The minimum Gasteiger partial charge on any atom is -0.497 e. The van der Waals surface area contributed by atoms with Gasteiger partial charge < -0.3 is 15.8 Å². The van der Waals surface area contributed by atoms with Gasteiger partial charge in [0.1, 0.15) is 11.6 Å². The molecule has 1 aliphatic carbocycles. The van der Waals surface area contributed by atoms with Crippen LogP contribution in [0.25, 0.3) is 11.3 Å². The number of ether oxygens (including phenoxy) is 1. The highest BCUT2D eigenvalue weighted by atomic mass is 16.5. The molecule has 1 aromatic heterocycles. The van der Waals surface area contributed by atoms with Gasteiger partial charge in [0.25, 0.3) is 0 Å². The predicted molar refractivity (Wildman–Crippen MR) is 75.1 cm³/mol. The second-order valence-electron chi connectivity index (χ2n) is 4.65. The largest absolute Gasteiger partial charge is 0.497 e. The van der Waals surface area contributed by atoms with Crippen LogP contribution in [0.5, 0.6) is 5.75 Å². The Morgan fingerprint density at radius 1 is 1.26 bits per heavy atom. The molecule has 19 heavy (non-hydrogen) atoms. The number of hydrogen-bond acceptors (Lipinski definition) is 5. The summed E-state index contributed by atoms with van der Waals surface area (Å²) in [6.07, 6.45) is 2.35. The summed E-state index contributed by atoms with van der Waals surface area (Å²) in [5, 5.41) is 3.26. The zero-order valence-electron chi connectivity index (χ0n) is 10.8. The summed E-state index contributed by atoms with van der Waals surface area (Å²) in [5.41, 5.74) is 7.61. The first-order valence-electron chi connectivity index (χ1n) is 6.30. The van der Waals surface area contributed by atoms with E-state index in [2.05, 4.69) is 15.3 Å². The number of aromatic nitrogens is 2. The number of nitrogen functional groups attached to an aromatic ring is 1. The van der Waals surface area contributed by atoms with E-state index in [0.29, 0.717) is 17.8 Å². The van der Waals surface area contributed by atoms with E-state index in [0.717, 1.165) is 17.0 Å². The average molecular weight is 256 g/mol. The van der Waals surface area contributed by atoms with Crippen molar-refractivity contribution in [3.05, 3.63) is 30.3 Å². The number of methoxy groups -OCH3 is 1. The molecule has 0 atom stereocenters. The highest BCUT2D eigenvalue weighted by Crippen LogP contribution is 2.27. The third-order valence-corrected chi connectivity index (χ3v) is 3.02. The van der Waals surface area contributed by atoms with E-state index in [4.69, 9.17) is 10.5 Å². The first-order chi connectivity index (χ1) is 9.24. The predicted octanol–water partition coefficient (Wildman–Crippen LogP) is 2.31. The standard InChI is InChI=1S/C14H16N4O/c1-19-11-4-2-3-9(7-11)12-8-13(15)18-14(17-12)16-10-5-6-10/h2-4,7-8,10H,5-6H2,1H3,(H3,15,16,17,18). The maximum Gasteiger partial charge on any atom is 0.225 e. The summed E-state index contributed by atoms with van der Waals surface area (Å²) >= 11 is 0. The summed E-state index contributed by atoms with van der Waals surface area (Å²) in [6.45, 7) is 0. The molecule has 3 N–H and O–H groups in total. The molecular weight excluding hydrogens is 240 g/mol. The maximum atomic E-state index is 5.84. The van der Waals surface area contributed by atoms with Crippen molar-refractivity contribution in [3.63, 3.8) is 0 Å². The molecule has 0 amide bonds. The van der Waals surface area contributed by atoms with Crippen LogP contribution in [-0.2, 0) is 0 Å². The van der Waals surface area contributed by atoms with Gasteiger partial charge in [-0.2, -0.15) is 4.98 Å². The molecule has 1 aromatic carbocycles. The number of nitrogens with two attached hydrogens (primary N) is 1. The molecule has 1 fully saturated rings. The van der Waals surface area contributed by atoms with Gasteiger partial charge >= 0.3 is 0 Å². The molecule has 0 aliphatic heterocycles. The third-order valence-electron chi connectivity index (χ3n) is 3.02. The molecule has 0 spiro atoms. The number of hydrogen-bond donors (Lipinski definition) is 2. The van der Waals surface area contributed by atoms with E-state index < -0.39 is 0 Å². The van der Waals surface area contributed by atoms with E-state index in [-0.39, 0.29) is 0 Å². The van der Waals surface area contributed by atoms with Gasteiger partial charge in [-0.3, -0.25) is 0 Å². The normalized spacial score (nSPS) is 14.2. The first kappa shape index (κ1) is 11.8. The van der Waals surface area contributed by atoms with Crippen molar-refractivity contribution >= 4 is 11.8 Å². The molecular formula is C14H16N4O. The van der Waals surface area contributed by atoms with Crippen molar-refractivity contribution in [3.8, 4) is 17.0 Å². The second kappa shape index (κ2) is 4.76. The lowest BCUT2D eigenvalue weighted by Gasteiger charge is -2.08. The lowest BCUT2D eigenvalue weighted by atomic mass is 10.1. The molecule has 5 heteroatoms. The highest BCUT2D eigenvalue weighted by molar-refractivity contribution is 5.65. The van der Waals surface area contributed by atoms with Gasteiger partial charge in [-0.1, -0.05) is 12.1 Å². The molecule has 2 aromatic rings. The Labute approximate surface area is 111 Å². The van der Waals surface area contributed by atoms with Crippen molar-refractivity contribution in [2.45, 2.75) is 18.9 Å². The van der Waals surface area contributed by atoms with Crippen LogP contribution < -0.4 is 15.8 Å². The maximum absolute atomic E-state index is 5.84. The Balaban J connectivity index is 1.95. The van der Waals surface area contributed by atoms with Crippen LogP contribution in [0.4, 0.5) is 11.8 Å². The monoisotopic (exact) mass is 256 g/mol. The Hall–Kier alpha value is -2.30. The summed E-state index contributed by atoms with van der Waals surface area (Å²) in [6, 6.07) is 10.0. The van der Waals surface area contributed by atoms with E-state index in [9.17, 15) is 0 Å². The Bertz CT molecular complexity index is 596. The molecule has 0 unspecified atom stereocenters. The number of benzene rings is 1. The fourth-order valence-electron chi connectivity index (χ4n) is 1.87. The SMILES string of the molecule is COc1cccc(-c2cc(N)nc(NC3CC3)n2)c1. The number of nitrogens with one attached hydrogen (secondary N) is 1. The zero-order chi connectivity index (χ0) is 13.2. The van der Waals surface area contributed by atoms with Crippen LogP contribution in [0, 0.1) is 0 Å². The first-order valence-corrected chi connectivity index (χ1v) is 6.30. The van der Waals surface area contributed by atoms with Crippen molar-refractivity contribution in [1.29, 1.82) is 0 Å². The van der Waals surface area contributed by atoms with Gasteiger partial charge in [0.2, 0.25) is 5.95 Å². The van der Waals surface area contributed by atoms with Crippen molar-refractivity contribution in [2.75, 3.05) is 18.2 Å². The van der Waals surface area contributed by atoms with Crippen LogP contribution in [-0.4, -0.2) is 23.1 Å². The van der Waals surface area contributed by atoms with Crippen LogP contribution >= 0.6 is 0 Å². The second-order valence-corrected chi connectivity index (χ2v) is 4.65. The van der Waals surface area contributed by atoms with Crippen LogP contribution in [0.1, 0.15) is 12.8 Å². The summed E-state index contributed by atoms with van der Waals surface area (Å²) in [4.78, 5) is 8.71. The molecule has 0 saturated heterocycles. The topological polar surface area (TPSA) is 73.1 Å². The summed E-state index contributed by atoms with van der Waals surface area (Å²) in [5.74, 6) is 1.86. The van der Waals surface area contributed by atoms with Gasteiger partial charge in [-0.25, -0.2) is 4.98 Å². The smallest absolute Gasteiger partial charge is 0.225 e. The van der Waals surface area contributed by atoms with E-state index in [1.165, 1.54) is 12.8 Å². The fraction of sp³-hybridized carbons (Fsp3) is 0.286. The highest BCUT2D eigenvalue weighted by Gasteiger charge is 2.22. The molecule has 1 saturated carbocycles. The lowest BCUT2D eigenvalue weighted by molar-refractivity contribution is 0.415. The quantitative estimate of drug-likeness (QED) is 0.878. The molecule has 3 rings (SSSR count). The van der Waals surface area contributed by atoms with Crippen molar-refractivity contribution < 1.29 is 4.74 Å². The number of nitrogens with zero attached hydrogens (tertiary/aromatic N) is 2. The minimum atomic E-state index is 0.468. The van der Waals surface area contributed by atoms with Gasteiger partial charge in [-0.05, 0) is 25.0 Å². The van der Waals surface area contributed by atoms with E-state index in [1.54, 1.807) is 13.2 Å². The van der Waals surface area contributed by atoms with Crippen molar-refractivity contribution in [1.82, 2.24) is 9.97 Å². The summed E-state index contributed by atoms with van der Waals surface area (Å²) < 4.78 is 5.22. The molecule has 1 heterocycles. The Morgan fingerprint density at radius 2 is 2.11 bits per heavy atom.